The number of nitrogens with two attached hydrogens (primary N) is 1. The van der Waals surface area contributed by atoms with Crippen molar-refractivity contribution >= 4 is 24.2 Å². The highest BCUT2D eigenvalue weighted by Crippen LogP contribution is 2.61. The first-order valence-corrected chi connectivity index (χ1v) is 9.31. The maximum atomic E-state index is 12.4. The highest BCUT2D eigenvalue weighted by molar-refractivity contribution is 5.85. The van der Waals surface area contributed by atoms with E-state index in [0.29, 0.717) is 13.0 Å². The normalized spacial score (nSPS) is 39.6. The van der Waals surface area contributed by atoms with Crippen LogP contribution in [0.3, 0.4) is 0 Å². The van der Waals surface area contributed by atoms with Gasteiger partial charge >= 0.3 is 0 Å². The van der Waals surface area contributed by atoms with Crippen LogP contribution in [0.5, 0.6) is 0 Å². The first-order valence-electron chi connectivity index (χ1n) is 9.31. The van der Waals surface area contributed by atoms with E-state index in [4.69, 9.17) is 5.73 Å². The van der Waals surface area contributed by atoms with Crippen molar-refractivity contribution in [2.45, 2.75) is 57.4 Å². The minimum Gasteiger partial charge on any atom is -0.347 e. The second-order valence-corrected chi connectivity index (χ2v) is 8.76. The Morgan fingerprint density at radius 2 is 1.67 bits per heavy atom. The summed E-state index contributed by atoms with van der Waals surface area (Å²) in [6.45, 7) is 1.49. The van der Waals surface area contributed by atoms with Crippen molar-refractivity contribution in [3.05, 3.63) is 0 Å². The molecular formula is C18H30ClN3O2. The van der Waals surface area contributed by atoms with Gasteiger partial charge in [0.15, 0.2) is 0 Å². The summed E-state index contributed by atoms with van der Waals surface area (Å²) in [6, 6.07) is 0.0988. The Hall–Kier alpha value is -0.810. The molecule has 0 aromatic carbocycles. The van der Waals surface area contributed by atoms with E-state index >= 15 is 0 Å². The fraction of sp³-hybridized carbons (Fsp3) is 0.889. The summed E-state index contributed by atoms with van der Waals surface area (Å²) >= 11 is 0. The summed E-state index contributed by atoms with van der Waals surface area (Å²) in [6.07, 6.45) is 9.40. The second-order valence-electron chi connectivity index (χ2n) is 8.76. The van der Waals surface area contributed by atoms with Gasteiger partial charge in [0.25, 0.3) is 0 Å². The molecule has 5 rings (SSSR count). The largest absolute Gasteiger partial charge is 0.347 e. The fourth-order valence-electron chi connectivity index (χ4n) is 6.21. The molecule has 6 heteroatoms. The maximum Gasteiger partial charge on any atom is 0.242 e. The third kappa shape index (κ3) is 3.57. The summed E-state index contributed by atoms with van der Waals surface area (Å²) in [7, 11) is 0. The van der Waals surface area contributed by atoms with Crippen LogP contribution in [-0.2, 0) is 9.59 Å². The Kier molecular flexibility index (Phi) is 5.12. The molecule has 5 fully saturated rings. The lowest BCUT2D eigenvalue weighted by atomic mass is 9.49. The topological polar surface area (TPSA) is 75.4 Å². The van der Waals surface area contributed by atoms with Gasteiger partial charge < -0.3 is 16.0 Å². The summed E-state index contributed by atoms with van der Waals surface area (Å²) in [5.41, 5.74) is 6.08. The average molecular weight is 356 g/mol. The monoisotopic (exact) mass is 355 g/mol. The molecule has 1 saturated heterocycles. The van der Waals surface area contributed by atoms with Crippen molar-refractivity contribution in [2.75, 3.05) is 19.6 Å². The van der Waals surface area contributed by atoms with Crippen LogP contribution in [0, 0.1) is 23.2 Å². The molecule has 2 amide bonds. The first-order chi connectivity index (χ1) is 11.0. The van der Waals surface area contributed by atoms with Gasteiger partial charge in [-0.25, -0.2) is 0 Å². The molecule has 3 N–H and O–H groups in total. The van der Waals surface area contributed by atoms with Crippen molar-refractivity contribution in [3.63, 3.8) is 0 Å². The molecule has 4 bridgehead atoms. The van der Waals surface area contributed by atoms with Gasteiger partial charge in [0.1, 0.15) is 0 Å². The summed E-state index contributed by atoms with van der Waals surface area (Å²) in [4.78, 5) is 26.3. The van der Waals surface area contributed by atoms with Gasteiger partial charge in [0.05, 0.1) is 6.54 Å². The SMILES string of the molecule is Cl.N[C@@H]1CCN(C(=O)CNC(=O)CC23CC4CC(CC(C4)C2)C3)C1. The standard InChI is InChI=1S/C18H29N3O2.ClH/c19-15-1-2-21(11-15)17(23)10-20-16(22)9-18-6-12-3-13(7-18)5-14(4-12)8-18;/h12-15H,1-11,19H2,(H,20,22);1H/t12?,13?,14?,15-,18?;/m1./s1. The van der Waals surface area contributed by atoms with Gasteiger partial charge in [-0.05, 0) is 68.1 Å². The van der Waals surface area contributed by atoms with Crippen molar-refractivity contribution in [1.29, 1.82) is 0 Å². The highest BCUT2D eigenvalue weighted by atomic mass is 35.5. The molecule has 4 saturated carbocycles. The number of hydrogen-bond donors (Lipinski definition) is 2. The number of likely N-dealkylation sites (tertiary alicyclic amines) is 1. The summed E-state index contributed by atoms with van der Waals surface area (Å²) < 4.78 is 0. The molecule has 5 nitrogen and oxygen atoms in total. The van der Waals surface area contributed by atoms with E-state index in [9.17, 15) is 9.59 Å². The van der Waals surface area contributed by atoms with E-state index in [1.165, 1.54) is 38.5 Å². The molecule has 24 heavy (non-hydrogen) atoms. The average Bonchev–Trinajstić information content (AvgIpc) is 2.89. The molecule has 0 aromatic rings. The van der Waals surface area contributed by atoms with Crippen LogP contribution in [0.15, 0.2) is 0 Å². The van der Waals surface area contributed by atoms with E-state index in [1.807, 2.05) is 0 Å². The third-order valence-electron chi connectivity index (χ3n) is 6.71. The third-order valence-corrected chi connectivity index (χ3v) is 6.71. The van der Waals surface area contributed by atoms with E-state index < -0.39 is 0 Å². The van der Waals surface area contributed by atoms with Crippen LogP contribution in [0.1, 0.15) is 51.4 Å². The van der Waals surface area contributed by atoms with E-state index in [0.717, 1.165) is 30.7 Å². The van der Waals surface area contributed by atoms with Crippen LogP contribution >= 0.6 is 12.4 Å². The number of rotatable bonds is 4. The van der Waals surface area contributed by atoms with Crippen molar-refractivity contribution in [1.82, 2.24) is 10.2 Å². The van der Waals surface area contributed by atoms with Gasteiger partial charge in [-0.15, -0.1) is 12.4 Å². The zero-order valence-electron chi connectivity index (χ0n) is 14.3. The van der Waals surface area contributed by atoms with Crippen LogP contribution < -0.4 is 11.1 Å². The van der Waals surface area contributed by atoms with Crippen LogP contribution in [0.2, 0.25) is 0 Å². The van der Waals surface area contributed by atoms with Crippen LogP contribution in [-0.4, -0.2) is 42.4 Å². The van der Waals surface area contributed by atoms with Crippen molar-refractivity contribution in [3.8, 4) is 0 Å². The molecular weight excluding hydrogens is 326 g/mol. The molecule has 0 unspecified atom stereocenters. The van der Waals surface area contributed by atoms with Gasteiger partial charge in [0.2, 0.25) is 11.8 Å². The molecule has 1 aliphatic heterocycles. The Morgan fingerprint density at radius 3 is 2.17 bits per heavy atom. The number of nitrogens with zero attached hydrogens (tertiary/aromatic N) is 1. The number of amides is 2. The summed E-state index contributed by atoms with van der Waals surface area (Å²) in [5, 5.41) is 2.88. The summed E-state index contributed by atoms with van der Waals surface area (Å²) in [5.74, 6) is 2.67. The fourth-order valence-corrected chi connectivity index (χ4v) is 6.21. The molecule has 5 aliphatic rings. The lowest BCUT2D eigenvalue weighted by Crippen LogP contribution is -2.48. The van der Waals surface area contributed by atoms with Gasteiger partial charge in [-0.3, -0.25) is 9.59 Å². The lowest BCUT2D eigenvalue weighted by Gasteiger charge is -2.56. The number of carbonyl (C=O) groups excluding carboxylic acids is 2. The van der Waals surface area contributed by atoms with Gasteiger partial charge in [0, 0.05) is 25.6 Å². The van der Waals surface area contributed by atoms with Gasteiger partial charge in [-0.1, -0.05) is 0 Å². The zero-order chi connectivity index (χ0) is 16.0. The minimum absolute atomic E-state index is 0. The highest BCUT2D eigenvalue weighted by Gasteiger charge is 2.51. The van der Waals surface area contributed by atoms with Crippen molar-refractivity contribution < 1.29 is 9.59 Å². The quantitative estimate of drug-likeness (QED) is 0.805. The van der Waals surface area contributed by atoms with Crippen LogP contribution in [0.4, 0.5) is 0 Å². The molecule has 0 radical (unpaired) electrons. The molecule has 4 aliphatic carbocycles. The number of nitrogens with one attached hydrogen (secondary N) is 1. The first kappa shape index (κ1) is 18.0. The molecule has 0 aromatic heterocycles. The Bertz CT molecular complexity index is 475. The Morgan fingerprint density at radius 1 is 1.08 bits per heavy atom. The minimum atomic E-state index is 0. The van der Waals surface area contributed by atoms with Crippen LogP contribution in [0.25, 0.3) is 0 Å². The predicted octanol–water partition coefficient (Wildman–Crippen LogP) is 1.69. The number of carbonyl (C=O) groups is 2. The molecule has 1 heterocycles. The van der Waals surface area contributed by atoms with Crippen molar-refractivity contribution in [2.24, 2.45) is 28.9 Å². The maximum absolute atomic E-state index is 12.4. The molecule has 0 spiro atoms. The molecule has 1 atom stereocenters. The Labute approximate surface area is 150 Å². The Balaban J connectivity index is 0.00000169. The number of halogens is 1. The number of hydrogen-bond acceptors (Lipinski definition) is 3. The smallest absolute Gasteiger partial charge is 0.242 e. The molecule has 136 valence electrons. The lowest BCUT2D eigenvalue weighted by molar-refractivity contribution is -0.135. The predicted molar refractivity (Wildman–Crippen MR) is 94.7 cm³/mol. The van der Waals surface area contributed by atoms with E-state index in [1.54, 1.807) is 4.90 Å². The van der Waals surface area contributed by atoms with Gasteiger partial charge in [-0.2, -0.15) is 0 Å². The zero-order valence-corrected chi connectivity index (χ0v) is 15.2. The van der Waals surface area contributed by atoms with E-state index in [-0.39, 0.29) is 42.2 Å². The van der Waals surface area contributed by atoms with E-state index in [2.05, 4.69) is 5.32 Å². The second kappa shape index (κ2) is 6.83.